The van der Waals surface area contributed by atoms with Gasteiger partial charge in [-0.05, 0) is 25.0 Å². The topological polar surface area (TPSA) is 90.6 Å². The average molecular weight is 345 g/mol. The first-order valence-electron chi connectivity index (χ1n) is 7.45. The number of hydrogen-bond acceptors (Lipinski definition) is 7. The quantitative estimate of drug-likeness (QED) is 0.763. The van der Waals surface area contributed by atoms with Crippen molar-refractivity contribution < 1.29 is 14.3 Å². The van der Waals surface area contributed by atoms with Gasteiger partial charge in [-0.25, -0.2) is 0 Å². The highest BCUT2D eigenvalue weighted by molar-refractivity contribution is 7.18. The summed E-state index contributed by atoms with van der Waals surface area (Å²) < 4.78 is 12.1. The lowest BCUT2D eigenvalue weighted by molar-refractivity contribution is 0.102. The molecule has 2 aromatic heterocycles. The lowest BCUT2D eigenvalue weighted by atomic mass is 10.2. The molecule has 1 amide bonds. The van der Waals surface area contributed by atoms with Crippen LogP contribution in [0.25, 0.3) is 4.96 Å². The Morgan fingerprint density at radius 2 is 2.12 bits per heavy atom. The predicted molar refractivity (Wildman–Crippen MR) is 88.1 cm³/mol. The second-order valence-electron chi connectivity index (χ2n) is 5.45. The maximum absolute atomic E-state index is 12.5. The van der Waals surface area contributed by atoms with Gasteiger partial charge in [-0.15, -0.1) is 15.3 Å². The van der Waals surface area contributed by atoms with Gasteiger partial charge in [0.25, 0.3) is 5.91 Å². The predicted octanol–water partition coefficient (Wildman–Crippen LogP) is 2.33. The smallest absolute Gasteiger partial charge is 0.286 e. The third kappa shape index (κ3) is 2.56. The van der Waals surface area contributed by atoms with Gasteiger partial charge < -0.3 is 14.8 Å². The molecule has 8 nitrogen and oxygen atoms in total. The van der Waals surface area contributed by atoms with Gasteiger partial charge in [0.15, 0.2) is 5.82 Å². The maximum atomic E-state index is 12.5. The Balaban J connectivity index is 1.62. The molecular weight excluding hydrogens is 330 g/mol. The van der Waals surface area contributed by atoms with E-state index in [1.807, 2.05) is 0 Å². The van der Waals surface area contributed by atoms with Gasteiger partial charge in [0.05, 0.1) is 19.9 Å². The summed E-state index contributed by atoms with van der Waals surface area (Å²) in [6, 6.07) is 5.20. The van der Waals surface area contributed by atoms with Crippen LogP contribution in [0.2, 0.25) is 0 Å². The number of carbonyl (C=O) groups is 1. The molecule has 124 valence electrons. The summed E-state index contributed by atoms with van der Waals surface area (Å²) in [5.41, 5.74) is 0.523. The van der Waals surface area contributed by atoms with Crippen LogP contribution < -0.4 is 14.8 Å². The van der Waals surface area contributed by atoms with E-state index in [9.17, 15) is 4.79 Å². The van der Waals surface area contributed by atoms with Crippen molar-refractivity contribution in [3.8, 4) is 11.5 Å². The average Bonchev–Trinajstić information content (AvgIpc) is 3.22. The Morgan fingerprint density at radius 1 is 1.29 bits per heavy atom. The van der Waals surface area contributed by atoms with E-state index in [-0.39, 0.29) is 5.91 Å². The molecule has 0 aliphatic heterocycles. The Hall–Kier alpha value is -2.68. The zero-order chi connectivity index (χ0) is 16.7. The Bertz CT molecular complexity index is 915. The summed E-state index contributed by atoms with van der Waals surface area (Å²) in [7, 11) is 3.11. The van der Waals surface area contributed by atoms with Crippen molar-refractivity contribution in [2.75, 3.05) is 19.5 Å². The van der Waals surface area contributed by atoms with Gasteiger partial charge in [-0.2, -0.15) is 4.52 Å². The molecule has 0 spiro atoms. The molecule has 1 aliphatic rings. The van der Waals surface area contributed by atoms with Gasteiger partial charge in [-0.1, -0.05) is 11.3 Å². The molecule has 0 bridgehead atoms. The van der Waals surface area contributed by atoms with Crippen molar-refractivity contribution in [3.05, 3.63) is 29.0 Å². The molecule has 1 aromatic carbocycles. The van der Waals surface area contributed by atoms with E-state index in [1.165, 1.54) is 11.3 Å². The SMILES string of the molecule is COc1ccc(OC)c(NC(=O)c2nn3c(C4CC4)nnc3s2)c1. The molecule has 1 saturated carbocycles. The normalized spacial score (nSPS) is 13.9. The number of hydrogen-bond donors (Lipinski definition) is 1. The van der Waals surface area contributed by atoms with Crippen LogP contribution in [-0.2, 0) is 0 Å². The van der Waals surface area contributed by atoms with Gasteiger partial charge >= 0.3 is 0 Å². The molecule has 3 aromatic rings. The second-order valence-corrected chi connectivity index (χ2v) is 6.41. The lowest BCUT2D eigenvalue weighted by Gasteiger charge is -2.10. The molecule has 1 fully saturated rings. The molecule has 0 radical (unpaired) electrons. The van der Waals surface area contributed by atoms with Gasteiger partial charge in [0, 0.05) is 12.0 Å². The lowest BCUT2D eigenvalue weighted by Crippen LogP contribution is -2.13. The fourth-order valence-electron chi connectivity index (χ4n) is 2.41. The molecule has 24 heavy (non-hydrogen) atoms. The molecule has 1 aliphatic carbocycles. The Labute approximate surface area is 141 Å². The van der Waals surface area contributed by atoms with E-state index >= 15 is 0 Å². The van der Waals surface area contributed by atoms with Gasteiger partial charge in [0.2, 0.25) is 9.97 Å². The van der Waals surface area contributed by atoms with E-state index in [4.69, 9.17) is 9.47 Å². The molecule has 2 heterocycles. The second kappa shape index (κ2) is 5.75. The number of benzene rings is 1. The molecule has 4 rings (SSSR count). The number of ether oxygens (including phenoxy) is 2. The highest BCUT2D eigenvalue weighted by Gasteiger charge is 2.30. The van der Waals surface area contributed by atoms with Crippen LogP contribution in [0.5, 0.6) is 11.5 Å². The summed E-state index contributed by atoms with van der Waals surface area (Å²) in [5.74, 6) is 2.10. The third-order valence-corrected chi connectivity index (χ3v) is 4.70. The number of nitrogens with one attached hydrogen (secondary N) is 1. The highest BCUT2D eigenvalue weighted by atomic mass is 32.1. The summed E-state index contributed by atoms with van der Waals surface area (Å²) in [5, 5.41) is 15.7. The number of fused-ring (bicyclic) bond motifs is 1. The number of methoxy groups -OCH3 is 2. The molecule has 0 atom stereocenters. The van der Waals surface area contributed by atoms with Crippen LogP contribution in [-0.4, -0.2) is 39.9 Å². The molecule has 0 saturated heterocycles. The van der Waals surface area contributed by atoms with E-state index in [0.717, 1.165) is 18.7 Å². The third-order valence-electron chi connectivity index (χ3n) is 3.81. The first-order chi connectivity index (χ1) is 11.7. The van der Waals surface area contributed by atoms with Crippen molar-refractivity contribution >= 4 is 27.9 Å². The van der Waals surface area contributed by atoms with Crippen molar-refractivity contribution in [2.45, 2.75) is 18.8 Å². The van der Waals surface area contributed by atoms with Gasteiger partial charge in [0.1, 0.15) is 11.5 Å². The Kier molecular flexibility index (Phi) is 3.57. The van der Waals surface area contributed by atoms with E-state index in [1.54, 1.807) is 36.9 Å². The zero-order valence-electron chi connectivity index (χ0n) is 13.1. The maximum Gasteiger partial charge on any atom is 0.286 e. The van der Waals surface area contributed by atoms with Crippen molar-refractivity contribution in [1.82, 2.24) is 19.8 Å². The van der Waals surface area contributed by atoms with Crippen LogP contribution in [0.1, 0.15) is 34.4 Å². The van der Waals surface area contributed by atoms with Crippen LogP contribution in [0, 0.1) is 0 Å². The van der Waals surface area contributed by atoms with E-state index < -0.39 is 0 Å². The van der Waals surface area contributed by atoms with E-state index in [0.29, 0.717) is 33.1 Å². The number of amides is 1. The minimum atomic E-state index is -0.321. The number of carbonyl (C=O) groups excluding carboxylic acids is 1. The summed E-state index contributed by atoms with van der Waals surface area (Å²) in [4.78, 5) is 13.1. The molecular formula is C15H15N5O3S. The first kappa shape index (κ1) is 14.9. The standard InChI is InChI=1S/C15H15N5O3S/c1-22-9-5-6-11(23-2)10(7-9)16-13(21)14-19-20-12(8-3-4-8)17-18-15(20)24-14/h5-8H,3-4H2,1-2H3,(H,16,21). The Morgan fingerprint density at radius 3 is 2.83 bits per heavy atom. The molecule has 1 N–H and O–H groups in total. The van der Waals surface area contributed by atoms with E-state index in [2.05, 4.69) is 20.6 Å². The molecule has 9 heteroatoms. The minimum absolute atomic E-state index is 0.321. The molecule has 0 unspecified atom stereocenters. The van der Waals surface area contributed by atoms with Crippen LogP contribution in [0.4, 0.5) is 5.69 Å². The number of rotatable bonds is 5. The number of nitrogens with zero attached hydrogens (tertiary/aromatic N) is 4. The van der Waals surface area contributed by atoms with Crippen molar-refractivity contribution in [2.24, 2.45) is 0 Å². The van der Waals surface area contributed by atoms with Crippen LogP contribution in [0.15, 0.2) is 18.2 Å². The highest BCUT2D eigenvalue weighted by Crippen LogP contribution is 2.39. The fraction of sp³-hybridized carbons (Fsp3) is 0.333. The number of anilines is 1. The zero-order valence-corrected chi connectivity index (χ0v) is 14.0. The van der Waals surface area contributed by atoms with Crippen molar-refractivity contribution in [3.63, 3.8) is 0 Å². The first-order valence-corrected chi connectivity index (χ1v) is 8.26. The summed E-state index contributed by atoms with van der Waals surface area (Å²) >= 11 is 1.21. The summed E-state index contributed by atoms with van der Waals surface area (Å²) in [6.07, 6.45) is 2.20. The summed E-state index contributed by atoms with van der Waals surface area (Å²) in [6.45, 7) is 0. The fourth-order valence-corrected chi connectivity index (χ4v) is 3.15. The van der Waals surface area contributed by atoms with Crippen LogP contribution >= 0.6 is 11.3 Å². The largest absolute Gasteiger partial charge is 0.497 e. The minimum Gasteiger partial charge on any atom is -0.497 e. The number of aromatic nitrogens is 4. The van der Waals surface area contributed by atoms with Crippen LogP contribution in [0.3, 0.4) is 0 Å². The van der Waals surface area contributed by atoms with Gasteiger partial charge in [-0.3, -0.25) is 4.79 Å². The monoisotopic (exact) mass is 345 g/mol. The van der Waals surface area contributed by atoms with Crippen molar-refractivity contribution in [1.29, 1.82) is 0 Å².